The molecule has 1 N–H and O–H groups in total. The van der Waals surface area contributed by atoms with E-state index >= 15 is 0 Å². The van der Waals surface area contributed by atoms with E-state index in [2.05, 4.69) is 4.98 Å². The monoisotopic (exact) mass is 366 g/mol. The van der Waals surface area contributed by atoms with E-state index in [-0.39, 0.29) is 5.91 Å². The van der Waals surface area contributed by atoms with E-state index in [0.717, 1.165) is 34.4 Å². The average molecular weight is 366 g/mol. The Labute approximate surface area is 157 Å². The second-order valence-electron chi connectivity index (χ2n) is 6.51. The lowest BCUT2D eigenvalue weighted by atomic mass is 10.1. The van der Waals surface area contributed by atoms with Gasteiger partial charge in [-0.25, -0.2) is 0 Å². The van der Waals surface area contributed by atoms with Crippen molar-refractivity contribution in [1.82, 2.24) is 9.88 Å². The van der Waals surface area contributed by atoms with Crippen molar-refractivity contribution in [3.05, 3.63) is 53.7 Å². The van der Waals surface area contributed by atoms with Crippen LogP contribution in [0.15, 0.2) is 42.5 Å². The standard InChI is InChI=1S/C21H22N2O4/c1-25-16-7-8-17-15(11-16)12-18(22-17)21(24)23-9-4-10-27-20-14(13-23)5-3-6-19(20)26-2/h3,5-8,11-12,22H,4,9-10,13H2,1-2H3. The maximum Gasteiger partial charge on any atom is 0.270 e. The molecular weight excluding hydrogens is 344 g/mol. The summed E-state index contributed by atoms with van der Waals surface area (Å²) in [7, 11) is 3.26. The normalized spacial score (nSPS) is 14.1. The van der Waals surface area contributed by atoms with Crippen LogP contribution < -0.4 is 14.2 Å². The van der Waals surface area contributed by atoms with Crippen molar-refractivity contribution in [3.8, 4) is 17.2 Å². The molecule has 1 aliphatic rings. The van der Waals surface area contributed by atoms with E-state index in [1.54, 1.807) is 14.2 Å². The summed E-state index contributed by atoms with van der Waals surface area (Å²) in [5, 5.41) is 0.954. The summed E-state index contributed by atoms with van der Waals surface area (Å²) in [5.41, 5.74) is 2.43. The number of aromatic amines is 1. The Morgan fingerprint density at radius 1 is 1.15 bits per heavy atom. The number of para-hydroxylation sites is 1. The van der Waals surface area contributed by atoms with Crippen LogP contribution >= 0.6 is 0 Å². The van der Waals surface area contributed by atoms with Crippen molar-refractivity contribution in [2.24, 2.45) is 0 Å². The number of carbonyl (C=O) groups excluding carboxylic acids is 1. The van der Waals surface area contributed by atoms with Crippen LogP contribution in [0.3, 0.4) is 0 Å². The van der Waals surface area contributed by atoms with Gasteiger partial charge < -0.3 is 24.1 Å². The number of H-pyrrole nitrogens is 1. The van der Waals surface area contributed by atoms with Crippen molar-refractivity contribution in [1.29, 1.82) is 0 Å². The van der Waals surface area contributed by atoms with E-state index in [1.807, 2.05) is 47.4 Å². The molecule has 1 aliphatic heterocycles. The van der Waals surface area contributed by atoms with Crippen LogP contribution in [0, 0.1) is 0 Å². The molecule has 0 spiro atoms. The molecule has 0 atom stereocenters. The van der Waals surface area contributed by atoms with Crippen molar-refractivity contribution in [3.63, 3.8) is 0 Å². The highest BCUT2D eigenvalue weighted by Gasteiger charge is 2.23. The first kappa shape index (κ1) is 17.3. The smallest absolute Gasteiger partial charge is 0.270 e. The zero-order chi connectivity index (χ0) is 18.8. The Hall–Kier alpha value is -3.15. The minimum absolute atomic E-state index is 0.0270. The number of methoxy groups -OCH3 is 2. The van der Waals surface area contributed by atoms with Crippen molar-refractivity contribution in [2.75, 3.05) is 27.4 Å². The van der Waals surface area contributed by atoms with E-state index in [0.29, 0.717) is 31.1 Å². The quantitative estimate of drug-likeness (QED) is 0.769. The molecule has 0 saturated heterocycles. The van der Waals surface area contributed by atoms with Gasteiger partial charge in [-0.3, -0.25) is 4.79 Å². The van der Waals surface area contributed by atoms with Gasteiger partial charge in [-0.1, -0.05) is 12.1 Å². The summed E-state index contributed by atoms with van der Waals surface area (Å²) in [6.07, 6.45) is 0.761. The molecule has 27 heavy (non-hydrogen) atoms. The van der Waals surface area contributed by atoms with Crippen molar-refractivity contribution >= 4 is 16.8 Å². The molecular formula is C21H22N2O4. The summed E-state index contributed by atoms with van der Waals surface area (Å²) in [5.74, 6) is 2.16. The summed E-state index contributed by atoms with van der Waals surface area (Å²) in [6, 6.07) is 13.4. The fourth-order valence-electron chi connectivity index (χ4n) is 3.42. The molecule has 1 aromatic heterocycles. The number of amides is 1. The highest BCUT2D eigenvalue weighted by molar-refractivity contribution is 5.98. The number of nitrogens with one attached hydrogen (secondary N) is 1. The zero-order valence-electron chi connectivity index (χ0n) is 15.5. The van der Waals surface area contributed by atoms with Crippen molar-refractivity contribution < 1.29 is 19.0 Å². The number of aromatic nitrogens is 1. The van der Waals surface area contributed by atoms with E-state index in [4.69, 9.17) is 14.2 Å². The van der Waals surface area contributed by atoms with Gasteiger partial charge >= 0.3 is 0 Å². The molecule has 0 bridgehead atoms. The van der Waals surface area contributed by atoms with Crippen LogP contribution in [-0.2, 0) is 6.54 Å². The lowest BCUT2D eigenvalue weighted by molar-refractivity contribution is 0.0716. The van der Waals surface area contributed by atoms with Crippen LogP contribution in [0.4, 0.5) is 0 Å². The second kappa shape index (κ2) is 7.23. The van der Waals surface area contributed by atoms with Gasteiger partial charge in [-0.05, 0) is 36.8 Å². The highest BCUT2D eigenvalue weighted by Crippen LogP contribution is 2.33. The maximum atomic E-state index is 13.1. The summed E-state index contributed by atoms with van der Waals surface area (Å²) >= 11 is 0. The zero-order valence-corrected chi connectivity index (χ0v) is 15.5. The van der Waals surface area contributed by atoms with Gasteiger partial charge in [0.15, 0.2) is 11.5 Å². The SMILES string of the molecule is COc1ccc2[nH]c(C(=O)N3CCCOc4c(cccc4OC)C3)cc2c1. The average Bonchev–Trinajstić information content (AvgIpc) is 3.10. The van der Waals surface area contributed by atoms with Gasteiger partial charge in [-0.2, -0.15) is 0 Å². The maximum absolute atomic E-state index is 13.1. The van der Waals surface area contributed by atoms with E-state index < -0.39 is 0 Å². The molecule has 6 heteroatoms. The Bertz CT molecular complexity index is 979. The van der Waals surface area contributed by atoms with Crippen LogP contribution in [-0.4, -0.2) is 43.2 Å². The van der Waals surface area contributed by atoms with E-state index in [9.17, 15) is 4.79 Å². The Kier molecular flexibility index (Phi) is 4.62. The minimum atomic E-state index is -0.0270. The van der Waals surface area contributed by atoms with Crippen LogP contribution in [0.2, 0.25) is 0 Å². The van der Waals surface area contributed by atoms with Crippen LogP contribution in [0.5, 0.6) is 17.2 Å². The lowest BCUT2D eigenvalue weighted by Crippen LogP contribution is -2.34. The molecule has 0 saturated carbocycles. The van der Waals surface area contributed by atoms with Gasteiger partial charge in [0.2, 0.25) is 0 Å². The first-order chi connectivity index (χ1) is 13.2. The number of nitrogens with zero attached hydrogens (tertiary/aromatic N) is 1. The van der Waals surface area contributed by atoms with Gasteiger partial charge in [-0.15, -0.1) is 0 Å². The third kappa shape index (κ3) is 3.30. The molecule has 2 heterocycles. The molecule has 2 aromatic carbocycles. The van der Waals surface area contributed by atoms with Gasteiger partial charge in [0, 0.05) is 29.6 Å². The second-order valence-corrected chi connectivity index (χ2v) is 6.51. The topological polar surface area (TPSA) is 63.8 Å². The molecule has 0 fully saturated rings. The summed E-state index contributed by atoms with van der Waals surface area (Å²) < 4.78 is 16.5. The number of hydrogen-bond donors (Lipinski definition) is 1. The lowest BCUT2D eigenvalue weighted by Gasteiger charge is -2.27. The highest BCUT2D eigenvalue weighted by atomic mass is 16.5. The van der Waals surface area contributed by atoms with E-state index in [1.165, 1.54) is 0 Å². The van der Waals surface area contributed by atoms with Crippen LogP contribution in [0.1, 0.15) is 22.5 Å². The number of hydrogen-bond acceptors (Lipinski definition) is 4. The number of rotatable bonds is 3. The summed E-state index contributed by atoms with van der Waals surface area (Å²) in [6.45, 7) is 1.65. The predicted octanol–water partition coefficient (Wildman–Crippen LogP) is 3.61. The molecule has 6 nitrogen and oxygen atoms in total. The fraction of sp³-hybridized carbons (Fsp3) is 0.286. The number of carbonyl (C=O) groups is 1. The Morgan fingerprint density at radius 2 is 2.04 bits per heavy atom. The Morgan fingerprint density at radius 3 is 2.85 bits per heavy atom. The van der Waals surface area contributed by atoms with Gasteiger partial charge in [0.1, 0.15) is 11.4 Å². The molecule has 4 rings (SSSR count). The largest absolute Gasteiger partial charge is 0.497 e. The molecule has 0 unspecified atom stereocenters. The summed E-state index contributed by atoms with van der Waals surface area (Å²) in [4.78, 5) is 18.2. The minimum Gasteiger partial charge on any atom is -0.497 e. The first-order valence-corrected chi connectivity index (χ1v) is 8.94. The molecule has 1 amide bonds. The van der Waals surface area contributed by atoms with Crippen LogP contribution in [0.25, 0.3) is 10.9 Å². The predicted molar refractivity (Wildman–Crippen MR) is 103 cm³/mol. The molecule has 0 radical (unpaired) electrons. The first-order valence-electron chi connectivity index (χ1n) is 8.94. The van der Waals surface area contributed by atoms with Gasteiger partial charge in [0.05, 0.1) is 20.8 Å². The molecule has 140 valence electrons. The fourth-order valence-corrected chi connectivity index (χ4v) is 3.42. The van der Waals surface area contributed by atoms with Gasteiger partial charge in [0.25, 0.3) is 5.91 Å². The molecule has 0 aliphatic carbocycles. The molecule has 3 aromatic rings. The van der Waals surface area contributed by atoms with Crippen molar-refractivity contribution in [2.45, 2.75) is 13.0 Å². The number of fused-ring (bicyclic) bond motifs is 2. The third-order valence-corrected chi connectivity index (χ3v) is 4.81. The third-order valence-electron chi connectivity index (χ3n) is 4.81. The number of benzene rings is 2. The number of ether oxygens (including phenoxy) is 3. The Balaban J connectivity index is 1.64.